The number of halogens is 1. The molecular weight excluding hydrogens is 228 g/mol. The molecule has 0 aromatic carbocycles. The summed E-state index contributed by atoms with van der Waals surface area (Å²) >= 11 is 5.78. The Bertz CT molecular complexity index is 354. The minimum Gasteiger partial charge on any atom is -0.396 e. The molecule has 4 N–H and O–H groups in total. The molecule has 6 heteroatoms. The molecule has 16 heavy (non-hydrogen) atoms. The summed E-state index contributed by atoms with van der Waals surface area (Å²) in [6.07, 6.45) is 3.03. The molecule has 1 saturated carbocycles. The fourth-order valence-electron chi connectivity index (χ4n) is 2.09. The van der Waals surface area contributed by atoms with Crippen LogP contribution in [-0.2, 0) is 0 Å². The Hall–Kier alpha value is -1.07. The molecule has 1 fully saturated rings. The number of aliphatic hydroxyl groups is 1. The van der Waals surface area contributed by atoms with Gasteiger partial charge in [0.15, 0.2) is 0 Å². The second-order valence-electron chi connectivity index (χ2n) is 4.14. The lowest BCUT2D eigenvalue weighted by Gasteiger charge is -2.13. The number of hydrogen-bond donors (Lipinski definition) is 3. The second-order valence-corrected chi connectivity index (χ2v) is 4.52. The first-order valence-corrected chi connectivity index (χ1v) is 5.72. The van der Waals surface area contributed by atoms with Crippen LogP contribution < -0.4 is 11.1 Å². The minimum absolute atomic E-state index is 0.173. The van der Waals surface area contributed by atoms with Gasteiger partial charge in [-0.05, 0) is 25.2 Å². The van der Waals surface area contributed by atoms with Gasteiger partial charge in [0, 0.05) is 18.7 Å². The van der Waals surface area contributed by atoms with Crippen molar-refractivity contribution in [2.75, 3.05) is 17.7 Å². The number of aliphatic hydroxyl groups excluding tert-OH is 1. The number of nitrogens with zero attached hydrogens (tertiary/aromatic N) is 2. The van der Waals surface area contributed by atoms with E-state index in [9.17, 15) is 0 Å². The van der Waals surface area contributed by atoms with Crippen LogP contribution in [0, 0.1) is 5.92 Å². The summed E-state index contributed by atoms with van der Waals surface area (Å²) in [7, 11) is 0. The van der Waals surface area contributed by atoms with Crippen molar-refractivity contribution in [1.82, 2.24) is 9.97 Å². The first-order chi connectivity index (χ1) is 7.67. The van der Waals surface area contributed by atoms with Crippen molar-refractivity contribution in [2.24, 2.45) is 5.92 Å². The molecule has 1 aliphatic rings. The Kier molecular flexibility index (Phi) is 3.46. The molecule has 1 aromatic rings. The average molecular weight is 243 g/mol. The standard InChI is InChI=1S/C10H15ClN4O/c11-8-4-9(15-10(12)14-8)13-7-2-1-6(3-7)5-16/h4,6-7,16H,1-3,5H2,(H3,12,13,14,15). The van der Waals surface area contributed by atoms with Crippen molar-refractivity contribution < 1.29 is 5.11 Å². The Morgan fingerprint density at radius 3 is 2.94 bits per heavy atom. The molecule has 2 atom stereocenters. The number of nitrogens with one attached hydrogen (secondary N) is 1. The van der Waals surface area contributed by atoms with Crippen LogP contribution in [0.2, 0.25) is 5.15 Å². The van der Waals surface area contributed by atoms with Gasteiger partial charge in [-0.1, -0.05) is 11.6 Å². The molecule has 0 aliphatic heterocycles. The van der Waals surface area contributed by atoms with E-state index >= 15 is 0 Å². The van der Waals surface area contributed by atoms with Crippen LogP contribution in [0.1, 0.15) is 19.3 Å². The van der Waals surface area contributed by atoms with E-state index in [4.69, 9.17) is 22.4 Å². The second kappa shape index (κ2) is 4.84. The van der Waals surface area contributed by atoms with E-state index in [1.54, 1.807) is 6.07 Å². The fraction of sp³-hybridized carbons (Fsp3) is 0.600. The van der Waals surface area contributed by atoms with Crippen LogP contribution >= 0.6 is 11.6 Å². The van der Waals surface area contributed by atoms with Gasteiger partial charge in [0.1, 0.15) is 11.0 Å². The first kappa shape index (κ1) is 11.4. The normalized spacial score (nSPS) is 24.6. The van der Waals surface area contributed by atoms with E-state index in [-0.39, 0.29) is 12.6 Å². The maximum Gasteiger partial charge on any atom is 0.223 e. The lowest BCUT2D eigenvalue weighted by atomic mass is 10.1. The SMILES string of the molecule is Nc1nc(Cl)cc(NC2CCC(CO)C2)n1. The van der Waals surface area contributed by atoms with Gasteiger partial charge < -0.3 is 16.2 Å². The van der Waals surface area contributed by atoms with Crippen LogP contribution in [0.5, 0.6) is 0 Å². The van der Waals surface area contributed by atoms with Crippen LogP contribution in [0.4, 0.5) is 11.8 Å². The van der Waals surface area contributed by atoms with Crippen LogP contribution in [0.3, 0.4) is 0 Å². The van der Waals surface area contributed by atoms with Gasteiger partial charge in [0.2, 0.25) is 5.95 Å². The van der Waals surface area contributed by atoms with Crippen molar-refractivity contribution in [1.29, 1.82) is 0 Å². The maximum absolute atomic E-state index is 9.04. The van der Waals surface area contributed by atoms with Crippen molar-refractivity contribution in [3.8, 4) is 0 Å². The van der Waals surface area contributed by atoms with Crippen LogP contribution in [0.15, 0.2) is 6.07 Å². The number of anilines is 2. The molecule has 0 spiro atoms. The Labute approximate surface area is 99.0 Å². The third-order valence-electron chi connectivity index (χ3n) is 2.86. The summed E-state index contributed by atoms with van der Waals surface area (Å²) in [5.41, 5.74) is 5.50. The fourth-order valence-corrected chi connectivity index (χ4v) is 2.28. The molecular formula is C10H15ClN4O. The Morgan fingerprint density at radius 1 is 1.50 bits per heavy atom. The first-order valence-electron chi connectivity index (χ1n) is 5.35. The molecule has 0 bridgehead atoms. The molecule has 88 valence electrons. The average Bonchev–Trinajstić information content (AvgIpc) is 2.64. The summed E-state index contributed by atoms with van der Waals surface area (Å²) in [5, 5.41) is 12.6. The predicted octanol–water partition coefficient (Wildman–Crippen LogP) is 1.29. The smallest absolute Gasteiger partial charge is 0.223 e. The zero-order chi connectivity index (χ0) is 11.5. The van der Waals surface area contributed by atoms with E-state index in [0.717, 1.165) is 19.3 Å². The van der Waals surface area contributed by atoms with E-state index in [0.29, 0.717) is 22.9 Å². The lowest BCUT2D eigenvalue weighted by molar-refractivity contribution is 0.229. The highest BCUT2D eigenvalue weighted by Gasteiger charge is 2.24. The van der Waals surface area contributed by atoms with Crippen molar-refractivity contribution >= 4 is 23.4 Å². The third kappa shape index (κ3) is 2.74. The number of aromatic nitrogens is 2. The minimum atomic E-state index is 0.173. The molecule has 1 heterocycles. The summed E-state index contributed by atoms with van der Waals surface area (Å²) in [4.78, 5) is 7.85. The van der Waals surface area contributed by atoms with E-state index < -0.39 is 0 Å². The highest BCUT2D eigenvalue weighted by Crippen LogP contribution is 2.27. The van der Waals surface area contributed by atoms with Gasteiger partial charge >= 0.3 is 0 Å². The summed E-state index contributed by atoms with van der Waals surface area (Å²) < 4.78 is 0. The van der Waals surface area contributed by atoms with E-state index in [2.05, 4.69) is 15.3 Å². The summed E-state index contributed by atoms with van der Waals surface area (Å²) in [6, 6.07) is 1.99. The van der Waals surface area contributed by atoms with Gasteiger partial charge in [-0.2, -0.15) is 4.98 Å². The molecule has 1 aromatic heterocycles. The van der Waals surface area contributed by atoms with Crippen molar-refractivity contribution in [3.05, 3.63) is 11.2 Å². The van der Waals surface area contributed by atoms with Crippen molar-refractivity contribution in [2.45, 2.75) is 25.3 Å². The van der Waals surface area contributed by atoms with Gasteiger partial charge in [0.25, 0.3) is 0 Å². The monoisotopic (exact) mass is 242 g/mol. The molecule has 1 aliphatic carbocycles. The topological polar surface area (TPSA) is 84.1 Å². The molecule has 2 unspecified atom stereocenters. The van der Waals surface area contributed by atoms with E-state index in [1.165, 1.54) is 0 Å². The van der Waals surface area contributed by atoms with Crippen LogP contribution in [0.25, 0.3) is 0 Å². The molecule has 0 amide bonds. The molecule has 2 rings (SSSR count). The number of nitrogens with two attached hydrogens (primary N) is 1. The zero-order valence-corrected chi connectivity index (χ0v) is 9.61. The third-order valence-corrected chi connectivity index (χ3v) is 3.06. The molecule has 5 nitrogen and oxygen atoms in total. The number of rotatable bonds is 3. The lowest BCUT2D eigenvalue weighted by Crippen LogP contribution is -2.17. The zero-order valence-electron chi connectivity index (χ0n) is 8.86. The molecule has 0 saturated heterocycles. The predicted molar refractivity (Wildman–Crippen MR) is 63.3 cm³/mol. The molecule has 0 radical (unpaired) electrons. The number of hydrogen-bond acceptors (Lipinski definition) is 5. The van der Waals surface area contributed by atoms with Gasteiger partial charge in [-0.15, -0.1) is 0 Å². The highest BCUT2D eigenvalue weighted by atomic mass is 35.5. The van der Waals surface area contributed by atoms with Gasteiger partial charge in [0.05, 0.1) is 0 Å². The van der Waals surface area contributed by atoms with Crippen molar-refractivity contribution in [3.63, 3.8) is 0 Å². The summed E-state index contributed by atoms with van der Waals surface area (Å²) in [5.74, 6) is 1.22. The Balaban J connectivity index is 1.99. The van der Waals surface area contributed by atoms with Crippen LogP contribution in [-0.4, -0.2) is 27.7 Å². The highest BCUT2D eigenvalue weighted by molar-refractivity contribution is 6.29. The summed E-state index contributed by atoms with van der Waals surface area (Å²) in [6.45, 7) is 0.255. The number of nitrogen functional groups attached to an aromatic ring is 1. The van der Waals surface area contributed by atoms with Gasteiger partial charge in [-0.3, -0.25) is 0 Å². The largest absolute Gasteiger partial charge is 0.396 e. The van der Waals surface area contributed by atoms with E-state index in [1.807, 2.05) is 0 Å². The van der Waals surface area contributed by atoms with Gasteiger partial charge in [-0.25, -0.2) is 4.98 Å². The maximum atomic E-state index is 9.04. The quantitative estimate of drug-likeness (QED) is 0.696. The Morgan fingerprint density at radius 2 is 2.31 bits per heavy atom.